The van der Waals surface area contributed by atoms with Gasteiger partial charge in [-0.25, -0.2) is 0 Å². The lowest BCUT2D eigenvalue weighted by molar-refractivity contribution is 0.745. The first-order chi connectivity index (χ1) is 18.7. The Kier molecular flexibility index (Phi) is 3.49. The van der Waals surface area contributed by atoms with Crippen molar-refractivity contribution in [1.29, 1.82) is 5.26 Å². The van der Waals surface area contributed by atoms with Crippen molar-refractivity contribution in [2.45, 2.75) is 5.41 Å². The van der Waals surface area contributed by atoms with Crippen molar-refractivity contribution in [3.8, 4) is 22.9 Å². The molecule has 1 unspecified atom stereocenters. The number of rotatable bonds is 0. The van der Waals surface area contributed by atoms with E-state index >= 15 is 0 Å². The van der Waals surface area contributed by atoms with Crippen LogP contribution in [0, 0.1) is 11.3 Å². The molecule has 2 aliphatic rings. The number of hydrogen-bond acceptors (Lipinski definition) is 1. The Hall–Kier alpha value is -5.07. The second kappa shape index (κ2) is 6.62. The van der Waals surface area contributed by atoms with Crippen molar-refractivity contribution >= 4 is 32.8 Å². The van der Waals surface area contributed by atoms with Crippen molar-refractivity contribution in [3.05, 3.63) is 137 Å². The molecule has 1 aliphatic carbocycles. The standard InChI is InChI=1S/C35H21N3/c1-37-30-15-6-3-10-23(30)32-24-11-8-14-29-33(24)38(34(32)37)31-16-7-5-13-28(31)35(29)26-12-4-2-9-22(26)25-19-21(20-36)17-18-27(25)35/h2-19H,1H3. The number of benzene rings is 5. The Balaban J connectivity index is 1.58. The number of aryl methyl sites for hydroxylation is 1. The molecule has 0 N–H and O–H groups in total. The first kappa shape index (κ1) is 20.0. The second-order valence-corrected chi connectivity index (χ2v) is 10.5. The van der Waals surface area contributed by atoms with Gasteiger partial charge in [0.2, 0.25) is 0 Å². The predicted octanol–water partition coefficient (Wildman–Crippen LogP) is 7.82. The van der Waals surface area contributed by atoms with E-state index in [1.807, 2.05) is 6.07 Å². The van der Waals surface area contributed by atoms with Crippen LogP contribution in [-0.2, 0) is 12.5 Å². The average Bonchev–Trinajstić information content (AvgIpc) is 3.58. The summed E-state index contributed by atoms with van der Waals surface area (Å²) in [6.07, 6.45) is 0. The SMILES string of the molecule is Cn1c2ccccc2c2c3cccc4c3n(c21)-c1ccccc1C41c2ccccc2-c2cc(C#N)ccc21. The minimum absolute atomic E-state index is 0.462. The van der Waals surface area contributed by atoms with E-state index in [1.54, 1.807) is 0 Å². The molecule has 3 nitrogen and oxygen atoms in total. The minimum atomic E-state index is -0.462. The molecule has 0 amide bonds. The highest BCUT2D eigenvalue weighted by Crippen LogP contribution is 2.61. The first-order valence-corrected chi connectivity index (χ1v) is 13.0. The van der Waals surface area contributed by atoms with Gasteiger partial charge in [0.15, 0.2) is 0 Å². The molecule has 3 heteroatoms. The lowest BCUT2D eigenvalue weighted by Crippen LogP contribution is -2.33. The number of hydrogen-bond donors (Lipinski definition) is 0. The minimum Gasteiger partial charge on any atom is -0.329 e. The van der Waals surface area contributed by atoms with E-state index in [4.69, 9.17) is 0 Å². The quantitative estimate of drug-likeness (QED) is 0.216. The number of fused-ring (bicyclic) bond motifs is 14. The second-order valence-electron chi connectivity index (χ2n) is 10.5. The molecule has 176 valence electrons. The van der Waals surface area contributed by atoms with Crippen LogP contribution in [0.3, 0.4) is 0 Å². The van der Waals surface area contributed by atoms with E-state index in [0.29, 0.717) is 5.56 Å². The molecule has 7 aromatic rings. The summed E-state index contributed by atoms with van der Waals surface area (Å²) in [6, 6.07) is 41.8. The lowest BCUT2D eigenvalue weighted by atomic mass is 9.65. The van der Waals surface area contributed by atoms with E-state index in [9.17, 15) is 5.26 Å². The molecule has 0 bridgehead atoms. The van der Waals surface area contributed by atoms with Gasteiger partial charge in [-0.1, -0.05) is 84.9 Å². The summed E-state index contributed by atoms with van der Waals surface area (Å²) >= 11 is 0. The summed E-state index contributed by atoms with van der Waals surface area (Å²) in [6.45, 7) is 0. The molecule has 1 spiro atoms. The number of para-hydroxylation sites is 3. The third-order valence-electron chi connectivity index (χ3n) is 8.94. The Morgan fingerprint density at radius 2 is 1.37 bits per heavy atom. The maximum Gasteiger partial charge on any atom is 0.126 e. The molecule has 9 rings (SSSR count). The van der Waals surface area contributed by atoms with Gasteiger partial charge in [-0.05, 0) is 57.6 Å². The van der Waals surface area contributed by atoms with Gasteiger partial charge in [-0.2, -0.15) is 5.26 Å². The highest BCUT2D eigenvalue weighted by molar-refractivity contribution is 6.23. The van der Waals surface area contributed by atoms with Crippen LogP contribution in [0.4, 0.5) is 0 Å². The summed E-state index contributed by atoms with van der Waals surface area (Å²) < 4.78 is 4.84. The smallest absolute Gasteiger partial charge is 0.126 e. The monoisotopic (exact) mass is 483 g/mol. The normalized spacial score (nSPS) is 16.6. The van der Waals surface area contributed by atoms with Gasteiger partial charge >= 0.3 is 0 Å². The average molecular weight is 484 g/mol. The van der Waals surface area contributed by atoms with Gasteiger partial charge < -0.3 is 4.57 Å². The fraction of sp³-hybridized carbons (Fsp3) is 0.0571. The van der Waals surface area contributed by atoms with Crippen molar-refractivity contribution in [2.75, 3.05) is 0 Å². The molecule has 0 saturated heterocycles. The maximum absolute atomic E-state index is 9.74. The largest absolute Gasteiger partial charge is 0.329 e. The predicted molar refractivity (Wildman–Crippen MR) is 153 cm³/mol. The zero-order chi connectivity index (χ0) is 25.2. The van der Waals surface area contributed by atoms with Gasteiger partial charge in [-0.3, -0.25) is 4.57 Å². The van der Waals surface area contributed by atoms with Crippen molar-refractivity contribution in [1.82, 2.24) is 9.13 Å². The maximum atomic E-state index is 9.74. The van der Waals surface area contributed by atoms with Crippen LogP contribution in [0.2, 0.25) is 0 Å². The molecule has 38 heavy (non-hydrogen) atoms. The Morgan fingerprint density at radius 3 is 2.26 bits per heavy atom. The Morgan fingerprint density at radius 1 is 0.658 bits per heavy atom. The molecule has 1 aliphatic heterocycles. The third kappa shape index (κ3) is 2.03. The zero-order valence-electron chi connectivity index (χ0n) is 20.7. The van der Waals surface area contributed by atoms with Crippen molar-refractivity contribution < 1.29 is 0 Å². The highest BCUT2D eigenvalue weighted by Gasteiger charge is 2.51. The number of aromatic nitrogens is 2. The molecule has 0 saturated carbocycles. The van der Waals surface area contributed by atoms with E-state index in [2.05, 4.69) is 125 Å². The van der Waals surface area contributed by atoms with Crippen molar-refractivity contribution in [2.24, 2.45) is 7.05 Å². The van der Waals surface area contributed by atoms with Crippen LogP contribution in [0.5, 0.6) is 0 Å². The van der Waals surface area contributed by atoms with Crippen LogP contribution < -0.4 is 0 Å². The topological polar surface area (TPSA) is 33.6 Å². The van der Waals surface area contributed by atoms with E-state index in [1.165, 1.54) is 66.3 Å². The Labute approximate surface area is 219 Å². The third-order valence-corrected chi connectivity index (χ3v) is 8.94. The van der Waals surface area contributed by atoms with Gasteiger partial charge in [0.05, 0.1) is 33.8 Å². The summed E-state index contributed by atoms with van der Waals surface area (Å²) in [4.78, 5) is 0. The number of nitriles is 1. The molecule has 1 atom stereocenters. The van der Waals surface area contributed by atoms with Gasteiger partial charge in [0, 0.05) is 23.2 Å². The van der Waals surface area contributed by atoms with Crippen LogP contribution in [0.25, 0.3) is 49.7 Å². The molecular weight excluding hydrogens is 462 g/mol. The lowest BCUT2D eigenvalue weighted by Gasteiger charge is -2.39. The molecule has 0 radical (unpaired) electrons. The van der Waals surface area contributed by atoms with Gasteiger partial charge in [0.25, 0.3) is 0 Å². The fourth-order valence-electron chi connectivity index (χ4n) is 7.60. The summed E-state index contributed by atoms with van der Waals surface area (Å²) in [7, 11) is 2.18. The molecule has 0 fully saturated rings. The van der Waals surface area contributed by atoms with Crippen LogP contribution in [0.1, 0.15) is 27.8 Å². The summed E-state index contributed by atoms with van der Waals surface area (Å²) in [5.41, 5.74) is 12.6. The molecule has 2 aromatic heterocycles. The van der Waals surface area contributed by atoms with E-state index < -0.39 is 5.41 Å². The molecular formula is C35H21N3. The van der Waals surface area contributed by atoms with Crippen molar-refractivity contribution in [3.63, 3.8) is 0 Å². The van der Waals surface area contributed by atoms with Crippen LogP contribution >= 0.6 is 0 Å². The zero-order valence-corrected chi connectivity index (χ0v) is 20.7. The fourth-order valence-corrected chi connectivity index (χ4v) is 7.60. The summed E-state index contributed by atoms with van der Waals surface area (Å²) in [5.74, 6) is 0. The number of nitrogens with zero attached hydrogens (tertiary/aromatic N) is 3. The van der Waals surface area contributed by atoms with Crippen LogP contribution in [-0.4, -0.2) is 9.13 Å². The van der Waals surface area contributed by atoms with Gasteiger partial charge in [0.1, 0.15) is 5.65 Å². The van der Waals surface area contributed by atoms with Crippen LogP contribution in [0.15, 0.2) is 109 Å². The molecule has 5 aromatic carbocycles. The highest BCUT2D eigenvalue weighted by atomic mass is 15.1. The Bertz CT molecular complexity index is 2220. The molecule has 3 heterocycles. The first-order valence-electron chi connectivity index (χ1n) is 13.0. The van der Waals surface area contributed by atoms with E-state index in [0.717, 1.165) is 5.56 Å². The summed E-state index contributed by atoms with van der Waals surface area (Å²) in [5, 5.41) is 13.6. The van der Waals surface area contributed by atoms with Gasteiger partial charge in [-0.15, -0.1) is 0 Å². The van der Waals surface area contributed by atoms with E-state index in [-0.39, 0.29) is 0 Å².